The van der Waals surface area contributed by atoms with Gasteiger partial charge in [-0.1, -0.05) is 47.1 Å². The van der Waals surface area contributed by atoms with Crippen LogP contribution in [0.4, 0.5) is 8.78 Å². The molecule has 20 heavy (non-hydrogen) atoms. The van der Waals surface area contributed by atoms with Crippen LogP contribution in [0.3, 0.4) is 0 Å². The molecule has 0 amide bonds. The van der Waals surface area contributed by atoms with Gasteiger partial charge in [-0.3, -0.25) is 0 Å². The lowest BCUT2D eigenvalue weighted by atomic mass is 9.98. The van der Waals surface area contributed by atoms with Crippen molar-refractivity contribution >= 4 is 15.9 Å². The smallest absolute Gasteiger partial charge is 0.127 e. The molecule has 0 bridgehead atoms. The number of likely N-dealkylation sites (N-methyl/N-ethyl adjacent to an activating group) is 1. The molecule has 2 aromatic carbocycles. The molecule has 4 heteroatoms. The average molecular weight is 340 g/mol. The predicted molar refractivity (Wildman–Crippen MR) is 80.6 cm³/mol. The SMILES string of the molecule is CCNC(Cc1ccc(F)cc1Br)c1ccccc1F. The maximum absolute atomic E-state index is 13.9. The Morgan fingerprint density at radius 1 is 1.15 bits per heavy atom. The summed E-state index contributed by atoms with van der Waals surface area (Å²) >= 11 is 3.36. The summed E-state index contributed by atoms with van der Waals surface area (Å²) in [5, 5.41) is 3.28. The van der Waals surface area contributed by atoms with Gasteiger partial charge < -0.3 is 5.32 Å². The lowest BCUT2D eigenvalue weighted by Gasteiger charge is -2.20. The fraction of sp³-hybridized carbons (Fsp3) is 0.250. The molecule has 1 unspecified atom stereocenters. The lowest BCUT2D eigenvalue weighted by Crippen LogP contribution is -2.24. The monoisotopic (exact) mass is 339 g/mol. The second kappa shape index (κ2) is 6.95. The number of benzene rings is 2. The standard InChI is InChI=1S/C16H16BrF2N/c1-2-20-16(13-5-3-4-6-15(13)19)9-11-7-8-12(18)10-14(11)17/h3-8,10,16,20H,2,9H2,1H3. The van der Waals surface area contributed by atoms with E-state index in [1.54, 1.807) is 18.2 Å². The molecule has 0 radical (unpaired) electrons. The van der Waals surface area contributed by atoms with Crippen LogP contribution in [-0.4, -0.2) is 6.54 Å². The van der Waals surface area contributed by atoms with Crippen LogP contribution < -0.4 is 5.32 Å². The molecular formula is C16H16BrF2N. The zero-order valence-corrected chi connectivity index (χ0v) is 12.8. The van der Waals surface area contributed by atoms with Crippen LogP contribution >= 0.6 is 15.9 Å². The summed E-state index contributed by atoms with van der Waals surface area (Å²) in [7, 11) is 0. The van der Waals surface area contributed by atoms with E-state index in [4.69, 9.17) is 0 Å². The third-order valence-electron chi connectivity index (χ3n) is 3.17. The Morgan fingerprint density at radius 3 is 2.55 bits per heavy atom. The molecule has 0 aliphatic carbocycles. The van der Waals surface area contributed by atoms with Gasteiger partial charge in [0.15, 0.2) is 0 Å². The second-order valence-electron chi connectivity index (χ2n) is 4.57. The number of hydrogen-bond acceptors (Lipinski definition) is 1. The Labute approximate surface area is 126 Å². The Hall–Kier alpha value is -1.26. The molecule has 2 aromatic rings. The van der Waals surface area contributed by atoms with Crippen LogP contribution in [0.15, 0.2) is 46.9 Å². The number of rotatable bonds is 5. The quantitative estimate of drug-likeness (QED) is 0.837. The van der Waals surface area contributed by atoms with Crippen molar-refractivity contribution in [3.05, 3.63) is 69.7 Å². The first-order valence-electron chi connectivity index (χ1n) is 6.53. The predicted octanol–water partition coefficient (Wildman–Crippen LogP) is 4.62. The highest BCUT2D eigenvalue weighted by Crippen LogP contribution is 2.26. The van der Waals surface area contributed by atoms with E-state index in [0.717, 1.165) is 12.1 Å². The number of halogens is 3. The van der Waals surface area contributed by atoms with E-state index in [-0.39, 0.29) is 17.7 Å². The topological polar surface area (TPSA) is 12.0 Å². The van der Waals surface area contributed by atoms with Crippen LogP contribution in [0.5, 0.6) is 0 Å². The summed E-state index contributed by atoms with van der Waals surface area (Å²) in [4.78, 5) is 0. The fourth-order valence-electron chi connectivity index (χ4n) is 2.20. The van der Waals surface area contributed by atoms with Crippen LogP contribution in [0.1, 0.15) is 24.1 Å². The lowest BCUT2D eigenvalue weighted by molar-refractivity contribution is 0.509. The molecule has 1 atom stereocenters. The molecule has 0 fully saturated rings. The van der Waals surface area contributed by atoms with Crippen molar-refractivity contribution in [2.24, 2.45) is 0 Å². The van der Waals surface area contributed by atoms with Gasteiger partial charge in [0, 0.05) is 16.1 Å². The van der Waals surface area contributed by atoms with Crippen LogP contribution in [0.2, 0.25) is 0 Å². The number of hydrogen-bond donors (Lipinski definition) is 1. The minimum absolute atomic E-state index is 0.136. The molecule has 0 saturated carbocycles. The first kappa shape index (κ1) is 15.1. The average Bonchev–Trinajstić information content (AvgIpc) is 2.42. The highest BCUT2D eigenvalue weighted by molar-refractivity contribution is 9.10. The molecule has 0 heterocycles. The van der Waals surface area contributed by atoms with Gasteiger partial charge in [0.1, 0.15) is 11.6 Å². The highest BCUT2D eigenvalue weighted by Gasteiger charge is 2.16. The largest absolute Gasteiger partial charge is 0.310 e. The maximum Gasteiger partial charge on any atom is 0.127 e. The van der Waals surface area contributed by atoms with Gasteiger partial charge in [-0.15, -0.1) is 0 Å². The van der Waals surface area contributed by atoms with Gasteiger partial charge in [0.05, 0.1) is 0 Å². The second-order valence-corrected chi connectivity index (χ2v) is 5.43. The van der Waals surface area contributed by atoms with Crippen molar-refractivity contribution in [1.82, 2.24) is 5.32 Å². The van der Waals surface area contributed by atoms with Gasteiger partial charge in [0.2, 0.25) is 0 Å². The van der Waals surface area contributed by atoms with Crippen molar-refractivity contribution < 1.29 is 8.78 Å². The van der Waals surface area contributed by atoms with Crippen molar-refractivity contribution in [3.8, 4) is 0 Å². The molecule has 0 aliphatic heterocycles. The summed E-state index contributed by atoms with van der Waals surface area (Å²) in [5.41, 5.74) is 1.58. The van der Waals surface area contributed by atoms with Crippen molar-refractivity contribution in [2.75, 3.05) is 6.54 Å². The maximum atomic E-state index is 13.9. The van der Waals surface area contributed by atoms with Crippen molar-refractivity contribution in [2.45, 2.75) is 19.4 Å². The van der Waals surface area contributed by atoms with Gasteiger partial charge in [0.25, 0.3) is 0 Å². The zero-order valence-electron chi connectivity index (χ0n) is 11.2. The normalized spacial score (nSPS) is 12.4. The third kappa shape index (κ3) is 3.64. The summed E-state index contributed by atoms with van der Waals surface area (Å²) in [6.07, 6.45) is 0.593. The molecule has 0 saturated heterocycles. The van der Waals surface area contributed by atoms with E-state index in [2.05, 4.69) is 21.2 Å². The van der Waals surface area contributed by atoms with E-state index in [1.807, 2.05) is 13.0 Å². The summed E-state index contributed by atoms with van der Waals surface area (Å²) in [6.45, 7) is 2.71. The van der Waals surface area contributed by atoms with Gasteiger partial charge in [-0.25, -0.2) is 8.78 Å². The molecule has 0 spiro atoms. The van der Waals surface area contributed by atoms with E-state index in [9.17, 15) is 8.78 Å². The minimum Gasteiger partial charge on any atom is -0.310 e. The molecule has 0 aliphatic rings. The number of nitrogens with one attached hydrogen (secondary N) is 1. The Balaban J connectivity index is 2.28. The Morgan fingerprint density at radius 2 is 1.90 bits per heavy atom. The van der Waals surface area contributed by atoms with Gasteiger partial charge in [-0.2, -0.15) is 0 Å². The molecule has 1 N–H and O–H groups in total. The summed E-state index contributed by atoms with van der Waals surface area (Å²) in [6, 6.07) is 11.2. The van der Waals surface area contributed by atoms with E-state index in [0.29, 0.717) is 16.5 Å². The first-order valence-corrected chi connectivity index (χ1v) is 7.33. The van der Waals surface area contributed by atoms with Crippen LogP contribution in [-0.2, 0) is 6.42 Å². The summed E-state index contributed by atoms with van der Waals surface area (Å²) < 4.78 is 27.7. The zero-order chi connectivity index (χ0) is 14.5. The van der Waals surface area contributed by atoms with E-state index in [1.165, 1.54) is 18.2 Å². The third-order valence-corrected chi connectivity index (χ3v) is 3.91. The molecule has 1 nitrogen and oxygen atoms in total. The van der Waals surface area contributed by atoms with Crippen LogP contribution in [0.25, 0.3) is 0 Å². The Bertz CT molecular complexity index is 586. The van der Waals surface area contributed by atoms with Gasteiger partial charge in [-0.05, 0) is 36.7 Å². The summed E-state index contributed by atoms with van der Waals surface area (Å²) in [5.74, 6) is -0.511. The minimum atomic E-state index is -0.286. The highest BCUT2D eigenvalue weighted by atomic mass is 79.9. The van der Waals surface area contributed by atoms with Crippen LogP contribution in [0, 0.1) is 11.6 Å². The van der Waals surface area contributed by atoms with E-state index < -0.39 is 0 Å². The van der Waals surface area contributed by atoms with Crippen molar-refractivity contribution in [3.63, 3.8) is 0 Å². The molecule has 0 aromatic heterocycles. The van der Waals surface area contributed by atoms with Gasteiger partial charge >= 0.3 is 0 Å². The molecular weight excluding hydrogens is 324 g/mol. The van der Waals surface area contributed by atoms with Crippen molar-refractivity contribution in [1.29, 1.82) is 0 Å². The fourth-order valence-corrected chi connectivity index (χ4v) is 2.72. The first-order chi connectivity index (χ1) is 9.61. The molecule has 2 rings (SSSR count). The van der Waals surface area contributed by atoms with E-state index >= 15 is 0 Å². The Kier molecular flexibility index (Phi) is 5.26. The molecule has 106 valence electrons.